The van der Waals surface area contributed by atoms with Gasteiger partial charge in [-0.3, -0.25) is 0 Å². The van der Waals surface area contributed by atoms with E-state index in [0.29, 0.717) is 0 Å². The maximum Gasteiger partial charge on any atom is -0.00235 e. The topological polar surface area (TPSA) is 0 Å². The zero-order chi connectivity index (χ0) is 9.36. The van der Waals surface area contributed by atoms with Gasteiger partial charge in [0.1, 0.15) is 0 Å². The van der Waals surface area contributed by atoms with Gasteiger partial charge in [0.25, 0.3) is 0 Å². The van der Waals surface area contributed by atoms with Gasteiger partial charge >= 0.3 is 0 Å². The Morgan fingerprint density at radius 3 is 2.92 bits per heavy atom. The average molecular weight is 198 g/mol. The summed E-state index contributed by atoms with van der Waals surface area (Å²) >= 11 is 2.11. The standard InChI is InChI=1S/C12H22S/c1-2-3-11-13-12-9-7-5-4-6-8-10-12/h9H,2-8,10-11H2,1H3/b12-9+. The van der Waals surface area contributed by atoms with Crippen molar-refractivity contribution < 1.29 is 0 Å². The van der Waals surface area contributed by atoms with Gasteiger partial charge in [0.05, 0.1) is 0 Å². The van der Waals surface area contributed by atoms with E-state index < -0.39 is 0 Å². The number of allylic oxidation sites excluding steroid dienone is 2. The van der Waals surface area contributed by atoms with Crippen LogP contribution in [-0.2, 0) is 0 Å². The maximum atomic E-state index is 2.49. The van der Waals surface area contributed by atoms with Gasteiger partial charge in [-0.15, -0.1) is 11.8 Å². The molecule has 0 fully saturated rings. The van der Waals surface area contributed by atoms with E-state index in [2.05, 4.69) is 24.8 Å². The monoisotopic (exact) mass is 198 g/mol. The predicted molar refractivity (Wildman–Crippen MR) is 63.2 cm³/mol. The molecule has 0 radical (unpaired) electrons. The fourth-order valence-corrected chi connectivity index (χ4v) is 2.86. The van der Waals surface area contributed by atoms with Crippen LogP contribution in [0, 0.1) is 0 Å². The highest BCUT2D eigenvalue weighted by Crippen LogP contribution is 2.26. The van der Waals surface area contributed by atoms with Crippen molar-refractivity contribution in [2.24, 2.45) is 0 Å². The van der Waals surface area contributed by atoms with E-state index in [4.69, 9.17) is 0 Å². The Bertz CT molecular complexity index is 149. The lowest BCUT2D eigenvalue weighted by Gasteiger charge is -2.10. The van der Waals surface area contributed by atoms with Crippen molar-refractivity contribution in [1.82, 2.24) is 0 Å². The van der Waals surface area contributed by atoms with Crippen molar-refractivity contribution in [2.75, 3.05) is 5.75 Å². The van der Waals surface area contributed by atoms with E-state index in [-0.39, 0.29) is 0 Å². The first-order valence-corrected chi connectivity index (χ1v) is 6.74. The third-order valence-electron chi connectivity index (χ3n) is 2.53. The Kier molecular flexibility index (Phi) is 6.43. The molecule has 76 valence electrons. The van der Waals surface area contributed by atoms with E-state index in [1.54, 1.807) is 4.91 Å². The molecule has 1 aliphatic carbocycles. The van der Waals surface area contributed by atoms with Gasteiger partial charge < -0.3 is 0 Å². The van der Waals surface area contributed by atoms with Gasteiger partial charge in [0.2, 0.25) is 0 Å². The molecular weight excluding hydrogens is 176 g/mol. The summed E-state index contributed by atoms with van der Waals surface area (Å²) in [7, 11) is 0. The van der Waals surface area contributed by atoms with E-state index in [1.807, 2.05) is 0 Å². The van der Waals surface area contributed by atoms with Crippen molar-refractivity contribution in [3.63, 3.8) is 0 Å². The summed E-state index contributed by atoms with van der Waals surface area (Å²) in [5.74, 6) is 1.34. The Balaban J connectivity index is 2.19. The summed E-state index contributed by atoms with van der Waals surface area (Å²) in [6.45, 7) is 2.27. The molecule has 13 heavy (non-hydrogen) atoms. The van der Waals surface area contributed by atoms with Crippen LogP contribution in [-0.4, -0.2) is 5.75 Å². The first kappa shape index (κ1) is 11.2. The van der Waals surface area contributed by atoms with Crippen LogP contribution in [0.2, 0.25) is 0 Å². The molecule has 0 N–H and O–H groups in total. The highest BCUT2D eigenvalue weighted by molar-refractivity contribution is 8.03. The second kappa shape index (κ2) is 7.49. The second-order valence-corrected chi connectivity index (χ2v) is 5.05. The third-order valence-corrected chi connectivity index (χ3v) is 3.77. The largest absolute Gasteiger partial charge is 0.131 e. The molecule has 0 amide bonds. The van der Waals surface area contributed by atoms with Crippen LogP contribution in [0.25, 0.3) is 0 Å². The van der Waals surface area contributed by atoms with Crippen LogP contribution < -0.4 is 0 Å². The second-order valence-electron chi connectivity index (χ2n) is 3.83. The molecule has 0 atom stereocenters. The number of hydrogen-bond acceptors (Lipinski definition) is 1. The summed E-state index contributed by atoms with van der Waals surface area (Å²) in [6, 6.07) is 0. The Morgan fingerprint density at radius 1 is 1.23 bits per heavy atom. The molecule has 0 nitrogen and oxygen atoms in total. The molecule has 0 aromatic heterocycles. The quantitative estimate of drug-likeness (QED) is 0.587. The van der Waals surface area contributed by atoms with Gasteiger partial charge in [-0.1, -0.05) is 32.3 Å². The molecule has 1 rings (SSSR count). The highest BCUT2D eigenvalue weighted by Gasteiger charge is 2.01. The first-order chi connectivity index (χ1) is 6.43. The van der Waals surface area contributed by atoms with E-state index >= 15 is 0 Å². The Hall–Kier alpha value is 0.0900. The molecule has 0 unspecified atom stereocenters. The molecule has 0 bridgehead atoms. The first-order valence-electron chi connectivity index (χ1n) is 5.75. The van der Waals surface area contributed by atoms with Crippen molar-refractivity contribution in [2.45, 2.75) is 58.3 Å². The number of thioether (sulfide) groups is 1. The molecule has 0 aromatic rings. The number of rotatable bonds is 4. The Morgan fingerprint density at radius 2 is 2.08 bits per heavy atom. The molecule has 0 saturated carbocycles. The zero-order valence-corrected chi connectivity index (χ0v) is 9.67. The lowest BCUT2D eigenvalue weighted by molar-refractivity contribution is 0.635. The molecule has 0 aromatic carbocycles. The lowest BCUT2D eigenvalue weighted by atomic mass is 10.1. The summed E-state index contributed by atoms with van der Waals surface area (Å²) in [6.07, 6.45) is 13.6. The van der Waals surface area contributed by atoms with E-state index in [1.165, 1.54) is 57.1 Å². The molecular formula is C12H22S. The molecule has 1 aliphatic rings. The van der Waals surface area contributed by atoms with Crippen molar-refractivity contribution in [3.8, 4) is 0 Å². The minimum absolute atomic E-state index is 1.33. The van der Waals surface area contributed by atoms with Gasteiger partial charge in [-0.2, -0.15) is 0 Å². The minimum atomic E-state index is 1.33. The van der Waals surface area contributed by atoms with Gasteiger partial charge in [-0.05, 0) is 42.8 Å². The van der Waals surface area contributed by atoms with Crippen LogP contribution in [0.3, 0.4) is 0 Å². The SMILES string of the molecule is CCCCS/C1=C/CCCCCC1. The van der Waals surface area contributed by atoms with Gasteiger partial charge in [0.15, 0.2) is 0 Å². The molecule has 0 saturated heterocycles. The highest BCUT2D eigenvalue weighted by atomic mass is 32.2. The van der Waals surface area contributed by atoms with Gasteiger partial charge in [0, 0.05) is 0 Å². The minimum Gasteiger partial charge on any atom is -0.131 e. The van der Waals surface area contributed by atoms with Crippen LogP contribution >= 0.6 is 11.8 Å². The van der Waals surface area contributed by atoms with Crippen LogP contribution in [0.5, 0.6) is 0 Å². The van der Waals surface area contributed by atoms with E-state index in [9.17, 15) is 0 Å². The normalized spacial score (nSPS) is 23.0. The Labute approximate surface area is 87.2 Å². The molecule has 0 heterocycles. The van der Waals surface area contributed by atoms with Crippen LogP contribution in [0.4, 0.5) is 0 Å². The predicted octanol–water partition coefficient (Wildman–Crippen LogP) is 4.76. The summed E-state index contributed by atoms with van der Waals surface area (Å²) in [5.41, 5.74) is 0. The number of unbranched alkanes of at least 4 members (excludes halogenated alkanes) is 1. The number of hydrogen-bond donors (Lipinski definition) is 0. The third kappa shape index (κ3) is 5.41. The summed E-state index contributed by atoms with van der Waals surface area (Å²) < 4.78 is 0. The average Bonchev–Trinajstić information content (AvgIpc) is 2.08. The van der Waals surface area contributed by atoms with Crippen molar-refractivity contribution in [3.05, 3.63) is 11.0 Å². The van der Waals surface area contributed by atoms with Crippen molar-refractivity contribution >= 4 is 11.8 Å². The summed E-state index contributed by atoms with van der Waals surface area (Å²) in [5, 5.41) is 0. The van der Waals surface area contributed by atoms with Crippen LogP contribution in [0.1, 0.15) is 58.3 Å². The van der Waals surface area contributed by atoms with Gasteiger partial charge in [-0.25, -0.2) is 0 Å². The smallest absolute Gasteiger partial charge is 0.00235 e. The van der Waals surface area contributed by atoms with Crippen molar-refractivity contribution in [1.29, 1.82) is 0 Å². The van der Waals surface area contributed by atoms with E-state index in [0.717, 1.165) is 0 Å². The fourth-order valence-electron chi connectivity index (χ4n) is 1.64. The lowest BCUT2D eigenvalue weighted by Crippen LogP contribution is -1.88. The molecule has 1 heteroatoms. The zero-order valence-electron chi connectivity index (χ0n) is 8.85. The fraction of sp³-hybridized carbons (Fsp3) is 0.833. The summed E-state index contributed by atoms with van der Waals surface area (Å²) in [4.78, 5) is 1.67. The maximum absolute atomic E-state index is 2.49. The molecule has 0 spiro atoms. The van der Waals surface area contributed by atoms with Crippen LogP contribution in [0.15, 0.2) is 11.0 Å². The molecule has 0 aliphatic heterocycles.